The van der Waals surface area contributed by atoms with Gasteiger partial charge in [-0.1, -0.05) is 30.3 Å². The highest BCUT2D eigenvalue weighted by molar-refractivity contribution is 6.92. The molecule has 0 atom stereocenters. The van der Waals surface area contributed by atoms with E-state index in [0.717, 1.165) is 12.5 Å². The predicted octanol–water partition coefficient (Wildman–Crippen LogP) is 3.77. The monoisotopic (exact) mass is 312 g/mol. The minimum atomic E-state index is -2.09. The second-order valence-electron chi connectivity index (χ2n) is 6.23. The normalized spacial score (nSPS) is 24.1. The predicted molar refractivity (Wildman–Crippen MR) is 84.8 cm³/mol. The molecule has 1 saturated heterocycles. The molecule has 0 amide bonds. The lowest BCUT2D eigenvalue weighted by Crippen LogP contribution is -2.65. The molecule has 19 heavy (non-hydrogen) atoms. The van der Waals surface area contributed by atoms with Gasteiger partial charge in [0.2, 0.25) is 0 Å². The minimum Gasteiger partial charge on any atom is -0.416 e. The van der Waals surface area contributed by atoms with Gasteiger partial charge < -0.3 is 12.3 Å². The second-order valence-corrected chi connectivity index (χ2v) is 17.0. The van der Waals surface area contributed by atoms with Crippen LogP contribution in [0.4, 0.5) is 0 Å². The highest BCUT2D eigenvalue weighted by Gasteiger charge is 2.52. The number of benzene rings is 1. The van der Waals surface area contributed by atoms with Crippen molar-refractivity contribution in [3.05, 3.63) is 35.9 Å². The minimum absolute atomic E-state index is 1.01. The Labute approximate surface area is 119 Å². The molecule has 0 aromatic heterocycles. The Morgan fingerprint density at radius 3 is 1.84 bits per heavy atom. The van der Waals surface area contributed by atoms with E-state index in [4.69, 9.17) is 12.3 Å². The first kappa shape index (κ1) is 15.1. The summed E-state index contributed by atoms with van der Waals surface area (Å²) in [6.07, 6.45) is 1.03. The summed E-state index contributed by atoms with van der Waals surface area (Å²) >= 11 is 0. The van der Waals surface area contributed by atoms with Crippen molar-refractivity contribution in [2.75, 3.05) is 0 Å². The molecule has 0 saturated carbocycles. The second kappa shape index (κ2) is 5.27. The van der Waals surface area contributed by atoms with E-state index < -0.39 is 25.7 Å². The zero-order chi connectivity index (χ0) is 14.1. The molecule has 6 heteroatoms. The highest BCUT2D eigenvalue weighted by atomic mass is 28.5. The molecule has 0 spiro atoms. The van der Waals surface area contributed by atoms with Gasteiger partial charge in [-0.15, -0.1) is 0 Å². The van der Waals surface area contributed by atoms with Crippen LogP contribution in [0.5, 0.6) is 0 Å². The average molecular weight is 313 g/mol. The Hall–Kier alpha value is -0.249. The highest BCUT2D eigenvalue weighted by Crippen LogP contribution is 2.33. The zero-order valence-corrected chi connectivity index (χ0v) is 15.5. The number of hydrogen-bond donors (Lipinski definition) is 0. The Morgan fingerprint density at radius 2 is 1.32 bits per heavy atom. The van der Waals surface area contributed by atoms with E-state index in [2.05, 4.69) is 63.1 Å². The SMILES string of the molecule is C[Si]1(C)O[Si](C)(C)O[Si](C)(CCc2ccccc2)O1. The molecule has 1 aromatic carbocycles. The lowest BCUT2D eigenvalue weighted by atomic mass is 10.2. The molecule has 3 nitrogen and oxygen atoms in total. The molecule has 1 fully saturated rings. The molecular weight excluding hydrogens is 288 g/mol. The summed E-state index contributed by atoms with van der Waals surface area (Å²) in [4.78, 5) is 0. The third kappa shape index (κ3) is 4.37. The lowest BCUT2D eigenvalue weighted by molar-refractivity contribution is 0.232. The molecular formula is C13H24O3Si3. The summed E-state index contributed by atoms with van der Waals surface area (Å²) in [7, 11) is -6.09. The van der Waals surface area contributed by atoms with Gasteiger partial charge in [-0.2, -0.15) is 0 Å². The maximum absolute atomic E-state index is 6.29. The van der Waals surface area contributed by atoms with Gasteiger partial charge in [0.25, 0.3) is 0 Å². The quantitative estimate of drug-likeness (QED) is 0.795. The summed E-state index contributed by atoms with van der Waals surface area (Å²) in [5, 5.41) is 0. The van der Waals surface area contributed by atoms with Crippen molar-refractivity contribution in [1.29, 1.82) is 0 Å². The van der Waals surface area contributed by atoms with Crippen molar-refractivity contribution in [3.8, 4) is 0 Å². The first-order chi connectivity index (χ1) is 8.70. The van der Waals surface area contributed by atoms with E-state index in [0.29, 0.717) is 0 Å². The van der Waals surface area contributed by atoms with Crippen LogP contribution in [0, 0.1) is 0 Å². The van der Waals surface area contributed by atoms with Crippen LogP contribution in [-0.4, -0.2) is 25.7 Å². The van der Waals surface area contributed by atoms with Crippen LogP contribution in [0.15, 0.2) is 30.3 Å². The van der Waals surface area contributed by atoms with E-state index in [1.165, 1.54) is 5.56 Å². The number of rotatable bonds is 3. The molecule has 0 bridgehead atoms. The van der Waals surface area contributed by atoms with Gasteiger partial charge in [0.1, 0.15) is 0 Å². The summed E-state index contributed by atoms with van der Waals surface area (Å²) in [5.74, 6) is 0. The standard InChI is InChI=1S/C13H24O3Si3/c1-17(2)14-18(3,4)16-19(5,15-17)12-11-13-9-7-6-8-10-13/h6-10H,11-12H2,1-5H3. The molecule has 1 aliphatic heterocycles. The van der Waals surface area contributed by atoms with Crippen molar-refractivity contribution in [1.82, 2.24) is 0 Å². The number of hydrogen-bond acceptors (Lipinski definition) is 3. The summed E-state index contributed by atoms with van der Waals surface area (Å²) in [5.41, 5.74) is 1.36. The van der Waals surface area contributed by atoms with Gasteiger partial charge in [0.05, 0.1) is 0 Å². The molecule has 2 rings (SSSR count). The third-order valence-corrected chi connectivity index (χ3v) is 15.6. The molecule has 0 N–H and O–H groups in total. The van der Waals surface area contributed by atoms with Gasteiger partial charge in [-0.3, -0.25) is 0 Å². The van der Waals surface area contributed by atoms with Crippen molar-refractivity contribution in [2.24, 2.45) is 0 Å². The molecule has 0 unspecified atom stereocenters. The maximum atomic E-state index is 6.29. The Bertz CT molecular complexity index is 418. The smallest absolute Gasteiger partial charge is 0.317 e. The molecule has 1 aliphatic rings. The Kier molecular flexibility index (Phi) is 4.20. The van der Waals surface area contributed by atoms with E-state index in [9.17, 15) is 0 Å². The van der Waals surface area contributed by atoms with Crippen molar-refractivity contribution >= 4 is 25.7 Å². The fourth-order valence-electron chi connectivity index (χ4n) is 2.81. The van der Waals surface area contributed by atoms with Crippen LogP contribution >= 0.6 is 0 Å². The summed E-state index contributed by atoms with van der Waals surface area (Å²) in [6.45, 7) is 10.7. The van der Waals surface area contributed by atoms with Gasteiger partial charge in [0.15, 0.2) is 0 Å². The summed E-state index contributed by atoms with van der Waals surface area (Å²) < 4.78 is 18.7. The van der Waals surface area contributed by atoms with Crippen LogP contribution in [0.1, 0.15) is 5.56 Å². The molecule has 1 heterocycles. The Morgan fingerprint density at radius 1 is 0.789 bits per heavy atom. The van der Waals surface area contributed by atoms with Crippen LogP contribution in [0.2, 0.25) is 38.8 Å². The van der Waals surface area contributed by atoms with Crippen molar-refractivity contribution in [2.45, 2.75) is 45.2 Å². The van der Waals surface area contributed by atoms with Crippen molar-refractivity contribution < 1.29 is 12.3 Å². The van der Waals surface area contributed by atoms with Crippen LogP contribution in [0.3, 0.4) is 0 Å². The largest absolute Gasteiger partial charge is 0.416 e. The van der Waals surface area contributed by atoms with Gasteiger partial charge in [-0.25, -0.2) is 0 Å². The van der Waals surface area contributed by atoms with Gasteiger partial charge in [-0.05, 0) is 50.8 Å². The molecule has 1 aromatic rings. The fraction of sp³-hybridized carbons (Fsp3) is 0.538. The average Bonchev–Trinajstić information content (AvgIpc) is 2.23. The first-order valence-electron chi connectivity index (χ1n) is 6.84. The van der Waals surface area contributed by atoms with Gasteiger partial charge >= 0.3 is 25.7 Å². The van der Waals surface area contributed by atoms with Gasteiger partial charge in [0, 0.05) is 0 Å². The van der Waals surface area contributed by atoms with E-state index in [-0.39, 0.29) is 0 Å². The van der Waals surface area contributed by atoms with Crippen LogP contribution in [0.25, 0.3) is 0 Å². The molecule has 0 aliphatic carbocycles. The van der Waals surface area contributed by atoms with E-state index in [1.807, 2.05) is 0 Å². The third-order valence-electron chi connectivity index (χ3n) is 3.13. The first-order valence-corrected chi connectivity index (χ1v) is 15.0. The number of aryl methyl sites for hydroxylation is 1. The Balaban J connectivity index is 2.05. The fourth-order valence-corrected chi connectivity index (χ4v) is 19.1. The maximum Gasteiger partial charge on any atom is 0.317 e. The van der Waals surface area contributed by atoms with E-state index >= 15 is 0 Å². The molecule has 106 valence electrons. The van der Waals surface area contributed by atoms with Crippen LogP contribution < -0.4 is 0 Å². The molecule has 0 radical (unpaired) electrons. The van der Waals surface area contributed by atoms with Crippen LogP contribution in [-0.2, 0) is 18.8 Å². The topological polar surface area (TPSA) is 27.7 Å². The lowest BCUT2D eigenvalue weighted by Gasteiger charge is -2.48. The zero-order valence-electron chi connectivity index (χ0n) is 12.5. The van der Waals surface area contributed by atoms with E-state index in [1.54, 1.807) is 0 Å². The van der Waals surface area contributed by atoms with Crippen molar-refractivity contribution in [3.63, 3.8) is 0 Å². The summed E-state index contributed by atoms with van der Waals surface area (Å²) in [6, 6.07) is 11.6.